The van der Waals surface area contributed by atoms with Gasteiger partial charge in [-0.25, -0.2) is 0 Å². The van der Waals surface area contributed by atoms with E-state index >= 15 is 0 Å². The molecule has 0 radical (unpaired) electrons. The van der Waals surface area contributed by atoms with E-state index in [1.165, 1.54) is 37.7 Å². The molecule has 0 N–H and O–H groups in total. The van der Waals surface area contributed by atoms with E-state index in [1.54, 1.807) is 0 Å². The van der Waals surface area contributed by atoms with Crippen LogP contribution in [0.15, 0.2) is 0 Å². The van der Waals surface area contributed by atoms with E-state index in [1.807, 2.05) is 0 Å². The maximum absolute atomic E-state index is 8.42. The van der Waals surface area contributed by atoms with Crippen molar-refractivity contribution in [2.45, 2.75) is 45.7 Å². The van der Waals surface area contributed by atoms with Crippen LogP contribution in [0, 0.1) is 0 Å². The van der Waals surface area contributed by atoms with Crippen LogP contribution in [0.5, 0.6) is 0 Å². The van der Waals surface area contributed by atoms with E-state index < -0.39 is 7.26 Å². The molecule has 1 aliphatic carbocycles. The van der Waals surface area contributed by atoms with E-state index in [9.17, 15) is 0 Å². The number of hydrogen-bond donors (Lipinski definition) is 0. The topological polar surface area (TPSA) is 0 Å². The van der Waals surface area contributed by atoms with E-state index in [4.69, 9.17) is 1.37 Å². The smallest absolute Gasteiger partial charge is 0.0459 e. The predicted octanol–water partition coefficient (Wildman–Crippen LogP) is 3.62. The summed E-state index contributed by atoms with van der Waals surface area (Å²) in [6, 6.07) is 0. The first-order chi connectivity index (χ1) is 5.64. The van der Waals surface area contributed by atoms with Gasteiger partial charge < -0.3 is 0 Å². The van der Waals surface area contributed by atoms with Crippen molar-refractivity contribution in [3.8, 4) is 0 Å². The number of hydrogen-bond acceptors (Lipinski definition) is 0. The molecule has 1 fully saturated rings. The molecule has 0 saturated heterocycles. The van der Waals surface area contributed by atoms with Crippen LogP contribution in [0.4, 0.5) is 0 Å². The average Bonchev–Trinajstić information content (AvgIpc) is 2.05. The Morgan fingerprint density at radius 2 is 1.64 bits per heavy atom. The van der Waals surface area contributed by atoms with E-state index in [0.717, 1.165) is 0 Å². The van der Waals surface area contributed by atoms with Gasteiger partial charge >= 0.3 is 0 Å². The van der Waals surface area contributed by atoms with Crippen molar-refractivity contribution < 1.29 is 1.37 Å². The van der Waals surface area contributed by atoms with Crippen LogP contribution in [0.25, 0.3) is 0 Å². The van der Waals surface area contributed by atoms with Gasteiger partial charge in [0.05, 0.1) is 25.5 Å². The Bertz CT molecular complexity index is 140. The fraction of sp³-hybridized carbons (Fsp3) is 1.00. The molecule has 1 aliphatic rings. The highest BCUT2D eigenvalue weighted by Crippen LogP contribution is 2.67. The Kier molecular flexibility index (Phi) is 2.85. The molecule has 0 bridgehead atoms. The fourth-order valence-corrected chi connectivity index (χ4v) is 6.10. The minimum Gasteiger partial charge on any atom is -0.0459 e. The molecular formula is C10H22P+. The zero-order valence-corrected chi connectivity index (χ0v) is 9.08. The van der Waals surface area contributed by atoms with E-state index in [-0.39, 0.29) is 5.64 Å². The highest BCUT2D eigenvalue weighted by Gasteiger charge is 2.43. The van der Waals surface area contributed by atoms with Crippen molar-refractivity contribution in [2.75, 3.05) is 18.5 Å². The summed E-state index contributed by atoms with van der Waals surface area (Å²) in [4.78, 5) is 0. The standard InChI is InChI=1S/C10H22P/c1-4-11(5-2,6-3)10-8-7-9-10/h10H,4-9H2,1-3H3/q+1/i10D. The normalized spacial score (nSPS) is 24.1. The van der Waals surface area contributed by atoms with Crippen LogP contribution in [0.3, 0.4) is 0 Å². The summed E-state index contributed by atoms with van der Waals surface area (Å²) in [5.74, 6) is 0. The van der Waals surface area contributed by atoms with Crippen molar-refractivity contribution in [1.82, 2.24) is 0 Å². The molecule has 0 nitrogen and oxygen atoms in total. The van der Waals surface area contributed by atoms with Crippen molar-refractivity contribution in [3.63, 3.8) is 0 Å². The molecule has 1 rings (SSSR count). The summed E-state index contributed by atoms with van der Waals surface area (Å²) in [5.41, 5.74) is 0.0469. The van der Waals surface area contributed by atoms with Crippen LogP contribution < -0.4 is 0 Å². The molecule has 0 unspecified atom stereocenters. The molecule has 1 heteroatoms. The van der Waals surface area contributed by atoms with Crippen molar-refractivity contribution >= 4 is 7.26 Å². The van der Waals surface area contributed by atoms with Gasteiger partial charge in [-0.2, -0.15) is 0 Å². The van der Waals surface area contributed by atoms with Gasteiger partial charge in [-0.15, -0.1) is 0 Å². The molecule has 0 aliphatic heterocycles. The molecule has 0 atom stereocenters. The summed E-state index contributed by atoms with van der Waals surface area (Å²) >= 11 is 0. The third-order valence-electron chi connectivity index (χ3n) is 3.42. The molecule has 0 heterocycles. The molecule has 0 aromatic carbocycles. The minimum atomic E-state index is -0.888. The molecule has 0 amide bonds. The van der Waals surface area contributed by atoms with Crippen LogP contribution in [0.2, 0.25) is 0 Å². The second-order valence-electron chi connectivity index (χ2n) is 3.51. The lowest BCUT2D eigenvalue weighted by Gasteiger charge is -2.37. The van der Waals surface area contributed by atoms with Crippen molar-refractivity contribution in [3.05, 3.63) is 0 Å². The first-order valence-corrected chi connectivity index (χ1v) is 7.35. The molecular weight excluding hydrogens is 151 g/mol. The van der Waals surface area contributed by atoms with Crippen molar-refractivity contribution in [1.29, 1.82) is 0 Å². The third-order valence-corrected chi connectivity index (χ3v) is 8.84. The Labute approximate surface area is 73.5 Å². The molecule has 0 aromatic heterocycles. The van der Waals surface area contributed by atoms with E-state index in [0.29, 0.717) is 0 Å². The molecule has 0 aromatic rings. The second kappa shape index (κ2) is 3.90. The van der Waals surface area contributed by atoms with Crippen LogP contribution in [-0.4, -0.2) is 24.1 Å². The fourth-order valence-electron chi connectivity index (χ4n) is 2.15. The monoisotopic (exact) mass is 174 g/mol. The quantitative estimate of drug-likeness (QED) is 0.571. The zero-order chi connectivity index (χ0) is 9.24. The second-order valence-corrected chi connectivity index (χ2v) is 8.33. The van der Waals surface area contributed by atoms with Gasteiger partial charge in [0.2, 0.25) is 0 Å². The molecule has 11 heavy (non-hydrogen) atoms. The average molecular weight is 174 g/mol. The maximum atomic E-state index is 8.42. The summed E-state index contributed by atoms with van der Waals surface area (Å²) in [6.45, 7) is 6.90. The molecule has 0 spiro atoms. The predicted molar refractivity (Wildman–Crippen MR) is 56.2 cm³/mol. The van der Waals surface area contributed by atoms with Crippen LogP contribution in [-0.2, 0) is 0 Å². The molecule has 1 saturated carbocycles. The lowest BCUT2D eigenvalue weighted by Crippen LogP contribution is -2.26. The Morgan fingerprint density at radius 3 is 1.73 bits per heavy atom. The number of rotatable bonds is 4. The largest absolute Gasteiger partial charge is 0.0745 e. The molecule has 66 valence electrons. The highest BCUT2D eigenvalue weighted by atomic mass is 31.2. The van der Waals surface area contributed by atoms with Gasteiger partial charge in [-0.3, -0.25) is 0 Å². The summed E-state index contributed by atoms with van der Waals surface area (Å²) < 4.78 is 8.42. The lowest BCUT2D eigenvalue weighted by molar-refractivity contribution is 0.508. The van der Waals surface area contributed by atoms with Crippen molar-refractivity contribution in [2.24, 2.45) is 0 Å². The van der Waals surface area contributed by atoms with Gasteiger partial charge in [0.25, 0.3) is 0 Å². The first kappa shape index (κ1) is 8.05. The van der Waals surface area contributed by atoms with Gasteiger partial charge in [0, 0.05) is 7.26 Å². The summed E-state index contributed by atoms with van der Waals surface area (Å²) in [7, 11) is -0.888. The van der Waals surface area contributed by atoms with Gasteiger partial charge in [0.15, 0.2) is 0 Å². The Hall–Kier alpha value is 0.430. The van der Waals surface area contributed by atoms with Gasteiger partial charge in [0.1, 0.15) is 0 Å². The van der Waals surface area contributed by atoms with Crippen LogP contribution in [0.1, 0.15) is 41.4 Å². The first-order valence-electron chi connectivity index (χ1n) is 5.50. The summed E-state index contributed by atoms with van der Waals surface area (Å²) in [6.07, 6.45) is 7.58. The van der Waals surface area contributed by atoms with Gasteiger partial charge in [-0.1, -0.05) is 0 Å². The Balaban J connectivity index is 2.75. The van der Waals surface area contributed by atoms with Gasteiger partial charge in [-0.05, 0) is 40.0 Å². The summed E-state index contributed by atoms with van der Waals surface area (Å²) in [5, 5.41) is 0. The lowest BCUT2D eigenvalue weighted by atomic mass is 10.00. The Morgan fingerprint density at radius 1 is 1.18 bits per heavy atom. The SMILES string of the molecule is [2H]C1([P+](CC)(CC)CC)CCC1. The minimum absolute atomic E-state index is 0.0469. The van der Waals surface area contributed by atoms with Crippen LogP contribution >= 0.6 is 7.26 Å². The third kappa shape index (κ3) is 1.61. The maximum Gasteiger partial charge on any atom is 0.0745 e. The zero-order valence-electron chi connectivity index (χ0n) is 9.19. The highest BCUT2D eigenvalue weighted by molar-refractivity contribution is 7.76. The van der Waals surface area contributed by atoms with E-state index in [2.05, 4.69) is 20.8 Å².